The molecule has 0 aromatic carbocycles. The van der Waals surface area contributed by atoms with E-state index in [1.807, 2.05) is 0 Å². The van der Waals surface area contributed by atoms with E-state index in [1.165, 1.54) is 0 Å². The van der Waals surface area contributed by atoms with Crippen molar-refractivity contribution in [2.24, 2.45) is 0 Å². The Kier molecular flexibility index (Phi) is 1.39. The Labute approximate surface area is 52.2 Å². The summed E-state index contributed by atoms with van der Waals surface area (Å²) in [6.07, 6.45) is 1.15. The molecule has 0 aromatic heterocycles. The summed E-state index contributed by atoms with van der Waals surface area (Å²) >= 11 is 3.35. The highest BCUT2D eigenvalue weighted by atomic mass is 79.9. The van der Waals surface area contributed by atoms with Crippen LogP contribution in [-0.2, 0) is 4.74 Å². The molecule has 1 aliphatic rings. The maximum atomic E-state index is 5.11. The number of hydrogen-bond donors (Lipinski definition) is 0. The lowest BCUT2D eigenvalue weighted by molar-refractivity contribution is 0.319. The van der Waals surface area contributed by atoms with Gasteiger partial charge >= 0.3 is 0 Å². The summed E-state index contributed by atoms with van der Waals surface area (Å²) in [5.41, 5.74) is 0.253. The van der Waals surface area contributed by atoms with Crippen molar-refractivity contribution in [1.29, 1.82) is 0 Å². The van der Waals surface area contributed by atoms with E-state index in [0.29, 0.717) is 0 Å². The molecular weight excluding hydrogens is 156 g/mol. The van der Waals surface area contributed by atoms with Crippen molar-refractivity contribution in [3.8, 4) is 0 Å². The standard InChI is InChI=1S/C5H9BrO/c1-5(2-3-6)4-7-5/h2-4H2,1H3. The summed E-state index contributed by atoms with van der Waals surface area (Å²) in [5, 5.41) is 1.06. The molecule has 42 valence electrons. The highest BCUT2D eigenvalue weighted by Gasteiger charge is 2.37. The van der Waals surface area contributed by atoms with E-state index in [1.54, 1.807) is 0 Å². The van der Waals surface area contributed by atoms with Gasteiger partial charge in [-0.1, -0.05) is 15.9 Å². The Bertz CT molecular complexity index is 68.5. The molecule has 0 saturated carbocycles. The molecule has 0 aliphatic carbocycles. The number of rotatable bonds is 2. The second kappa shape index (κ2) is 1.75. The van der Waals surface area contributed by atoms with Crippen molar-refractivity contribution in [2.75, 3.05) is 11.9 Å². The summed E-state index contributed by atoms with van der Waals surface area (Å²) < 4.78 is 5.11. The molecule has 0 spiro atoms. The quantitative estimate of drug-likeness (QED) is 0.446. The smallest absolute Gasteiger partial charge is 0.0896 e. The summed E-state index contributed by atoms with van der Waals surface area (Å²) in [6.45, 7) is 3.09. The van der Waals surface area contributed by atoms with Gasteiger partial charge in [0.25, 0.3) is 0 Å². The zero-order valence-electron chi connectivity index (χ0n) is 4.41. The first kappa shape index (κ1) is 5.57. The van der Waals surface area contributed by atoms with E-state index in [0.717, 1.165) is 18.4 Å². The van der Waals surface area contributed by atoms with Crippen LogP contribution >= 0.6 is 15.9 Å². The Balaban J connectivity index is 2.13. The minimum absolute atomic E-state index is 0.253. The van der Waals surface area contributed by atoms with Crippen molar-refractivity contribution in [2.45, 2.75) is 18.9 Å². The zero-order valence-corrected chi connectivity index (χ0v) is 5.99. The highest BCUT2D eigenvalue weighted by molar-refractivity contribution is 9.09. The summed E-state index contributed by atoms with van der Waals surface area (Å²) in [6, 6.07) is 0. The van der Waals surface area contributed by atoms with Gasteiger partial charge in [0.05, 0.1) is 12.2 Å². The van der Waals surface area contributed by atoms with E-state index in [-0.39, 0.29) is 5.60 Å². The average molecular weight is 165 g/mol. The highest BCUT2D eigenvalue weighted by Crippen LogP contribution is 2.29. The van der Waals surface area contributed by atoms with Crippen LogP contribution in [0.4, 0.5) is 0 Å². The maximum Gasteiger partial charge on any atom is 0.0896 e. The van der Waals surface area contributed by atoms with Gasteiger partial charge in [0.15, 0.2) is 0 Å². The van der Waals surface area contributed by atoms with Crippen LogP contribution in [0, 0.1) is 0 Å². The predicted octanol–water partition coefficient (Wildman–Crippen LogP) is 1.56. The Morgan fingerprint density at radius 3 is 2.57 bits per heavy atom. The first-order valence-corrected chi connectivity index (χ1v) is 3.59. The fourth-order valence-corrected chi connectivity index (χ4v) is 1.31. The second-order valence-electron chi connectivity index (χ2n) is 2.18. The first-order chi connectivity index (χ1) is 3.27. The van der Waals surface area contributed by atoms with Crippen LogP contribution in [0.5, 0.6) is 0 Å². The lowest BCUT2D eigenvalue weighted by atomic mass is 10.1. The molecule has 1 atom stereocenters. The fourth-order valence-electron chi connectivity index (χ4n) is 0.467. The molecule has 1 unspecified atom stereocenters. The molecule has 1 rings (SSSR count). The van der Waals surface area contributed by atoms with Crippen molar-refractivity contribution < 1.29 is 4.74 Å². The van der Waals surface area contributed by atoms with Crippen LogP contribution in [-0.4, -0.2) is 17.5 Å². The van der Waals surface area contributed by atoms with Crippen LogP contribution in [0.15, 0.2) is 0 Å². The van der Waals surface area contributed by atoms with E-state index < -0.39 is 0 Å². The molecule has 1 nitrogen and oxygen atoms in total. The Morgan fingerprint density at radius 1 is 1.86 bits per heavy atom. The summed E-state index contributed by atoms with van der Waals surface area (Å²) in [7, 11) is 0. The van der Waals surface area contributed by atoms with Gasteiger partial charge in [0, 0.05) is 5.33 Å². The van der Waals surface area contributed by atoms with E-state index in [9.17, 15) is 0 Å². The fraction of sp³-hybridized carbons (Fsp3) is 1.00. The lowest BCUT2D eigenvalue weighted by Crippen LogP contribution is -2.03. The lowest BCUT2D eigenvalue weighted by Gasteiger charge is -1.96. The molecule has 0 bridgehead atoms. The number of hydrogen-bond acceptors (Lipinski definition) is 1. The van der Waals surface area contributed by atoms with Gasteiger partial charge in [-0.25, -0.2) is 0 Å². The van der Waals surface area contributed by atoms with Crippen molar-refractivity contribution in [1.82, 2.24) is 0 Å². The third-order valence-corrected chi connectivity index (χ3v) is 1.66. The van der Waals surface area contributed by atoms with Gasteiger partial charge in [-0.05, 0) is 13.3 Å². The Morgan fingerprint density at radius 2 is 2.43 bits per heavy atom. The normalized spacial score (nSPS) is 38.6. The Hall–Kier alpha value is 0.440. The number of halogens is 1. The minimum Gasteiger partial charge on any atom is -0.370 e. The van der Waals surface area contributed by atoms with Crippen LogP contribution in [0.1, 0.15) is 13.3 Å². The predicted molar refractivity (Wildman–Crippen MR) is 32.8 cm³/mol. The van der Waals surface area contributed by atoms with Crippen LogP contribution in [0.25, 0.3) is 0 Å². The third-order valence-electron chi connectivity index (χ3n) is 1.26. The van der Waals surface area contributed by atoms with Crippen molar-refractivity contribution in [3.63, 3.8) is 0 Å². The third kappa shape index (κ3) is 1.42. The van der Waals surface area contributed by atoms with Crippen LogP contribution in [0.2, 0.25) is 0 Å². The van der Waals surface area contributed by atoms with E-state index in [4.69, 9.17) is 4.74 Å². The molecule has 2 heteroatoms. The molecule has 7 heavy (non-hydrogen) atoms. The number of alkyl halides is 1. The molecular formula is C5H9BrO. The van der Waals surface area contributed by atoms with E-state index in [2.05, 4.69) is 22.9 Å². The molecule has 1 heterocycles. The number of ether oxygens (including phenoxy) is 1. The number of epoxide rings is 1. The SMILES string of the molecule is CC1(CCBr)CO1. The monoisotopic (exact) mass is 164 g/mol. The van der Waals surface area contributed by atoms with Crippen molar-refractivity contribution >= 4 is 15.9 Å². The van der Waals surface area contributed by atoms with E-state index >= 15 is 0 Å². The van der Waals surface area contributed by atoms with Gasteiger partial charge in [-0.3, -0.25) is 0 Å². The topological polar surface area (TPSA) is 12.5 Å². The average Bonchev–Trinajstić information content (AvgIpc) is 2.22. The largest absolute Gasteiger partial charge is 0.370 e. The molecule has 0 aromatic rings. The van der Waals surface area contributed by atoms with Gasteiger partial charge in [-0.15, -0.1) is 0 Å². The van der Waals surface area contributed by atoms with Gasteiger partial charge in [-0.2, -0.15) is 0 Å². The maximum absolute atomic E-state index is 5.11. The van der Waals surface area contributed by atoms with Crippen molar-refractivity contribution in [3.05, 3.63) is 0 Å². The molecule has 0 amide bonds. The first-order valence-electron chi connectivity index (χ1n) is 2.47. The zero-order chi connectivity index (χ0) is 5.33. The van der Waals surface area contributed by atoms with Crippen LogP contribution in [0.3, 0.4) is 0 Å². The molecule has 1 saturated heterocycles. The molecule has 0 N–H and O–H groups in total. The molecule has 0 radical (unpaired) electrons. The van der Waals surface area contributed by atoms with Gasteiger partial charge in [0.1, 0.15) is 0 Å². The molecule has 1 aliphatic heterocycles. The second-order valence-corrected chi connectivity index (χ2v) is 2.97. The summed E-state index contributed by atoms with van der Waals surface area (Å²) in [4.78, 5) is 0. The van der Waals surface area contributed by atoms with Crippen LogP contribution < -0.4 is 0 Å². The minimum atomic E-state index is 0.253. The van der Waals surface area contributed by atoms with Gasteiger partial charge in [0.2, 0.25) is 0 Å². The summed E-state index contributed by atoms with van der Waals surface area (Å²) in [5.74, 6) is 0. The molecule has 1 fully saturated rings. The van der Waals surface area contributed by atoms with Gasteiger partial charge < -0.3 is 4.74 Å².